The average Bonchev–Trinajstić information content (AvgIpc) is 2.71. The van der Waals surface area contributed by atoms with Gasteiger partial charge in [0.25, 0.3) is 0 Å². The summed E-state index contributed by atoms with van der Waals surface area (Å²) in [6, 6.07) is 8.63. The molecular formula is C21H27F3N4O. The van der Waals surface area contributed by atoms with Crippen LogP contribution < -0.4 is 10.1 Å². The standard InChI is InChI=1S/C21H27F3N4O/c1-14-10-17(11-19(26-14)21(22,23)24)25-12-16-6-5-9-28(13-16)15(2)18-7-4-8-20(27-18)29-3/h4,7-8,10-11,15-16H,5-6,9,12-13H2,1-3H3,(H,25,26)/t15-,16-/m1/s1. The summed E-state index contributed by atoms with van der Waals surface area (Å²) in [5, 5.41) is 3.18. The van der Waals surface area contributed by atoms with Gasteiger partial charge in [-0.15, -0.1) is 0 Å². The summed E-state index contributed by atoms with van der Waals surface area (Å²) in [5.74, 6) is 0.942. The highest BCUT2D eigenvalue weighted by molar-refractivity contribution is 5.46. The van der Waals surface area contributed by atoms with E-state index >= 15 is 0 Å². The van der Waals surface area contributed by atoms with Crippen LogP contribution >= 0.6 is 0 Å². The summed E-state index contributed by atoms with van der Waals surface area (Å²) in [6.45, 7) is 6.16. The number of likely N-dealkylation sites (tertiary alicyclic amines) is 1. The van der Waals surface area contributed by atoms with E-state index in [0.717, 1.165) is 37.7 Å². The lowest BCUT2D eigenvalue weighted by Gasteiger charge is -2.36. The lowest BCUT2D eigenvalue weighted by Crippen LogP contribution is -2.39. The predicted molar refractivity (Wildman–Crippen MR) is 106 cm³/mol. The molecule has 8 heteroatoms. The highest BCUT2D eigenvalue weighted by Crippen LogP contribution is 2.30. The van der Waals surface area contributed by atoms with Gasteiger partial charge in [0.15, 0.2) is 0 Å². The van der Waals surface area contributed by atoms with Gasteiger partial charge in [-0.25, -0.2) is 9.97 Å². The Balaban J connectivity index is 1.62. The first-order chi connectivity index (χ1) is 13.8. The number of rotatable bonds is 6. The van der Waals surface area contributed by atoms with Crippen molar-refractivity contribution in [3.63, 3.8) is 0 Å². The fourth-order valence-corrected chi connectivity index (χ4v) is 3.76. The molecule has 1 N–H and O–H groups in total. The maximum atomic E-state index is 13.0. The SMILES string of the molecule is COc1cccc([C@@H](C)N2CCC[C@H](CNc3cc(C)nc(C(F)(F)F)c3)C2)n1. The highest BCUT2D eigenvalue weighted by Gasteiger charge is 2.33. The van der Waals surface area contributed by atoms with Gasteiger partial charge >= 0.3 is 6.18 Å². The molecule has 0 unspecified atom stereocenters. The Morgan fingerprint density at radius 3 is 2.79 bits per heavy atom. The molecule has 29 heavy (non-hydrogen) atoms. The number of hydrogen-bond acceptors (Lipinski definition) is 5. The molecule has 3 rings (SSSR count). The molecule has 2 aromatic rings. The summed E-state index contributed by atoms with van der Waals surface area (Å²) < 4.78 is 44.2. The molecule has 1 saturated heterocycles. The van der Waals surface area contributed by atoms with Crippen molar-refractivity contribution < 1.29 is 17.9 Å². The molecule has 0 spiro atoms. The van der Waals surface area contributed by atoms with E-state index in [1.165, 1.54) is 0 Å². The first kappa shape index (κ1) is 21.4. The fraction of sp³-hybridized carbons (Fsp3) is 0.524. The maximum Gasteiger partial charge on any atom is 0.433 e. The van der Waals surface area contributed by atoms with Gasteiger partial charge in [-0.2, -0.15) is 13.2 Å². The quantitative estimate of drug-likeness (QED) is 0.751. The molecule has 0 saturated carbocycles. The minimum Gasteiger partial charge on any atom is -0.481 e. The lowest BCUT2D eigenvalue weighted by atomic mass is 9.96. The van der Waals surface area contributed by atoms with Crippen LogP contribution in [0, 0.1) is 12.8 Å². The van der Waals surface area contributed by atoms with Gasteiger partial charge in [-0.05, 0) is 57.4 Å². The molecule has 0 bridgehead atoms. The third-order valence-electron chi connectivity index (χ3n) is 5.32. The Hall–Kier alpha value is -2.35. The second-order valence-corrected chi connectivity index (χ2v) is 7.55. The number of anilines is 1. The number of pyridine rings is 2. The second kappa shape index (κ2) is 8.98. The maximum absolute atomic E-state index is 13.0. The van der Waals surface area contributed by atoms with Gasteiger partial charge in [0.2, 0.25) is 5.88 Å². The number of aryl methyl sites for hydroxylation is 1. The van der Waals surface area contributed by atoms with Crippen LogP contribution in [-0.2, 0) is 6.18 Å². The Morgan fingerprint density at radius 2 is 2.07 bits per heavy atom. The highest BCUT2D eigenvalue weighted by atomic mass is 19.4. The molecule has 2 atom stereocenters. The summed E-state index contributed by atoms with van der Waals surface area (Å²) in [7, 11) is 1.60. The van der Waals surface area contributed by atoms with Crippen LogP contribution in [0.1, 0.15) is 42.9 Å². The number of nitrogens with zero attached hydrogens (tertiary/aromatic N) is 3. The van der Waals surface area contributed by atoms with Gasteiger partial charge < -0.3 is 10.1 Å². The van der Waals surface area contributed by atoms with Gasteiger partial charge in [-0.3, -0.25) is 4.90 Å². The molecule has 0 amide bonds. The summed E-state index contributed by atoms with van der Waals surface area (Å²) in [5.41, 5.74) is 0.912. The van der Waals surface area contributed by atoms with Crippen molar-refractivity contribution in [2.24, 2.45) is 5.92 Å². The molecule has 1 aliphatic rings. The molecule has 1 fully saturated rings. The first-order valence-electron chi connectivity index (χ1n) is 9.81. The first-order valence-corrected chi connectivity index (χ1v) is 9.81. The molecule has 3 heterocycles. The fourth-order valence-electron chi connectivity index (χ4n) is 3.76. The Bertz CT molecular complexity index is 828. The molecule has 158 valence electrons. The van der Waals surface area contributed by atoms with E-state index in [-0.39, 0.29) is 6.04 Å². The van der Waals surface area contributed by atoms with Crippen molar-refractivity contribution in [1.82, 2.24) is 14.9 Å². The molecule has 2 aromatic heterocycles. The number of ether oxygens (including phenoxy) is 1. The van der Waals surface area contributed by atoms with E-state index in [0.29, 0.717) is 29.7 Å². The van der Waals surface area contributed by atoms with Crippen LogP contribution in [0.4, 0.5) is 18.9 Å². The van der Waals surface area contributed by atoms with Crippen LogP contribution in [0.5, 0.6) is 5.88 Å². The van der Waals surface area contributed by atoms with Crippen molar-refractivity contribution in [3.8, 4) is 5.88 Å². The van der Waals surface area contributed by atoms with E-state index in [9.17, 15) is 13.2 Å². The Kier molecular flexibility index (Phi) is 6.62. The van der Waals surface area contributed by atoms with E-state index < -0.39 is 11.9 Å². The number of aromatic nitrogens is 2. The van der Waals surface area contributed by atoms with Crippen molar-refractivity contribution >= 4 is 5.69 Å². The largest absolute Gasteiger partial charge is 0.481 e. The monoisotopic (exact) mass is 408 g/mol. The van der Waals surface area contributed by atoms with Gasteiger partial charge in [0, 0.05) is 36.6 Å². The molecule has 5 nitrogen and oxygen atoms in total. The number of alkyl halides is 3. The van der Waals surface area contributed by atoms with Crippen molar-refractivity contribution in [2.75, 3.05) is 32.1 Å². The van der Waals surface area contributed by atoms with E-state index in [1.54, 1.807) is 20.1 Å². The summed E-state index contributed by atoms with van der Waals surface area (Å²) >= 11 is 0. The van der Waals surface area contributed by atoms with E-state index in [2.05, 4.69) is 27.1 Å². The molecule has 0 radical (unpaired) electrons. The minimum atomic E-state index is -4.44. The zero-order valence-electron chi connectivity index (χ0n) is 17.0. The second-order valence-electron chi connectivity index (χ2n) is 7.55. The topological polar surface area (TPSA) is 50.3 Å². The normalized spacial score (nSPS) is 19.0. The molecule has 0 aromatic carbocycles. The smallest absolute Gasteiger partial charge is 0.433 e. The van der Waals surface area contributed by atoms with Crippen molar-refractivity contribution in [3.05, 3.63) is 47.4 Å². The zero-order chi connectivity index (χ0) is 21.0. The van der Waals surface area contributed by atoms with Crippen LogP contribution in [0.15, 0.2) is 30.3 Å². The van der Waals surface area contributed by atoms with Gasteiger partial charge in [0.05, 0.1) is 12.8 Å². The van der Waals surface area contributed by atoms with E-state index in [1.807, 2.05) is 18.2 Å². The van der Waals surface area contributed by atoms with Gasteiger partial charge in [-0.1, -0.05) is 6.07 Å². The summed E-state index contributed by atoms with van der Waals surface area (Å²) in [6.07, 6.45) is -2.36. The zero-order valence-corrected chi connectivity index (χ0v) is 17.0. The van der Waals surface area contributed by atoms with Crippen LogP contribution in [0.2, 0.25) is 0 Å². The number of piperidine rings is 1. The third-order valence-corrected chi connectivity index (χ3v) is 5.32. The Labute approximate surface area is 169 Å². The molecule has 0 aliphatic carbocycles. The van der Waals surface area contributed by atoms with Crippen molar-refractivity contribution in [1.29, 1.82) is 0 Å². The van der Waals surface area contributed by atoms with Crippen LogP contribution in [-0.4, -0.2) is 41.6 Å². The average molecular weight is 408 g/mol. The number of hydrogen-bond donors (Lipinski definition) is 1. The number of nitrogens with one attached hydrogen (secondary N) is 1. The minimum absolute atomic E-state index is 0.146. The van der Waals surface area contributed by atoms with Crippen molar-refractivity contribution in [2.45, 2.75) is 38.9 Å². The van der Waals surface area contributed by atoms with Crippen LogP contribution in [0.25, 0.3) is 0 Å². The summed E-state index contributed by atoms with van der Waals surface area (Å²) in [4.78, 5) is 10.5. The van der Waals surface area contributed by atoms with Gasteiger partial charge in [0.1, 0.15) is 5.69 Å². The molecular weight excluding hydrogens is 381 g/mol. The Morgan fingerprint density at radius 1 is 1.28 bits per heavy atom. The molecule has 1 aliphatic heterocycles. The predicted octanol–water partition coefficient (Wildman–Crippen LogP) is 4.70. The lowest BCUT2D eigenvalue weighted by molar-refractivity contribution is -0.141. The third kappa shape index (κ3) is 5.59. The number of halogens is 3. The number of methoxy groups -OCH3 is 1. The van der Waals surface area contributed by atoms with Crippen LogP contribution in [0.3, 0.4) is 0 Å². The van der Waals surface area contributed by atoms with E-state index in [4.69, 9.17) is 4.74 Å².